The van der Waals surface area contributed by atoms with Crippen molar-refractivity contribution in [1.82, 2.24) is 19.4 Å². The molecule has 4 aromatic rings. The van der Waals surface area contributed by atoms with E-state index in [0.29, 0.717) is 49.0 Å². The van der Waals surface area contributed by atoms with E-state index in [1.165, 1.54) is 0 Å². The first-order chi connectivity index (χ1) is 21.6. The van der Waals surface area contributed by atoms with E-state index in [1.807, 2.05) is 38.5 Å². The number of ether oxygens (including phenoxy) is 2. The Bertz CT molecular complexity index is 1790. The third-order valence-corrected chi connectivity index (χ3v) is 7.46. The molecule has 0 radical (unpaired) electrons. The molecule has 46 heavy (non-hydrogen) atoms. The summed E-state index contributed by atoms with van der Waals surface area (Å²) in [7, 11) is 1.82. The summed E-state index contributed by atoms with van der Waals surface area (Å²) in [5, 5.41) is 3.45. The normalized spacial score (nSPS) is 13.9. The summed E-state index contributed by atoms with van der Waals surface area (Å²) >= 11 is 0. The number of rotatable bonds is 5. The fourth-order valence-electron chi connectivity index (χ4n) is 5.03. The van der Waals surface area contributed by atoms with Gasteiger partial charge in [-0.05, 0) is 82.3 Å². The van der Waals surface area contributed by atoms with E-state index >= 15 is 0 Å². The first kappa shape index (κ1) is 32.3. The van der Waals surface area contributed by atoms with Gasteiger partial charge >= 0.3 is 12.3 Å². The maximum atomic E-state index is 13.4. The Morgan fingerprint density at radius 3 is 2.13 bits per heavy atom. The van der Waals surface area contributed by atoms with Gasteiger partial charge in [-0.2, -0.15) is 13.2 Å². The van der Waals surface area contributed by atoms with Crippen LogP contribution in [0.25, 0.3) is 10.9 Å². The van der Waals surface area contributed by atoms with E-state index in [9.17, 15) is 27.6 Å². The van der Waals surface area contributed by atoms with Crippen LogP contribution >= 0.6 is 0 Å². The van der Waals surface area contributed by atoms with Crippen LogP contribution in [0.1, 0.15) is 52.9 Å². The van der Waals surface area contributed by atoms with Crippen molar-refractivity contribution in [3.8, 4) is 11.6 Å². The topological polar surface area (TPSA) is 106 Å². The molecule has 2 aromatic carbocycles. The molecule has 242 valence electrons. The molecule has 1 saturated heterocycles. The van der Waals surface area contributed by atoms with Gasteiger partial charge in [0, 0.05) is 55.8 Å². The van der Waals surface area contributed by atoms with Gasteiger partial charge in [0.1, 0.15) is 17.0 Å². The van der Waals surface area contributed by atoms with Gasteiger partial charge in [-0.25, -0.2) is 9.78 Å². The van der Waals surface area contributed by atoms with Gasteiger partial charge in [-0.15, -0.1) is 0 Å². The molecule has 3 heterocycles. The highest BCUT2D eigenvalue weighted by molar-refractivity contribution is 6.04. The molecular weight excluding hydrogens is 603 g/mol. The van der Waals surface area contributed by atoms with Crippen molar-refractivity contribution < 1.29 is 37.0 Å². The summed E-state index contributed by atoms with van der Waals surface area (Å²) in [4.78, 5) is 46.1. The number of hydrogen-bond donors (Lipinski definition) is 1. The van der Waals surface area contributed by atoms with E-state index < -0.39 is 23.2 Å². The van der Waals surface area contributed by atoms with Crippen LogP contribution in [0, 0.1) is 6.92 Å². The number of fused-ring (bicyclic) bond motifs is 1. The second-order valence-electron chi connectivity index (χ2n) is 12.0. The standard InChI is InChI=1S/C33H34F3N5O5/c1-20-25(38-29(42)21-6-8-23(9-7-21)33(34,35)36)11-13-28(37-20)45-24-10-12-26-22(18-24)19-27(39(26)5)30(43)40-14-16-41(17-15-40)31(44)46-32(2,3)4/h6-13,18-19H,14-17H2,1-5H3,(H,38,42). The van der Waals surface area contributed by atoms with E-state index in [2.05, 4.69) is 10.3 Å². The second kappa shape index (κ2) is 12.4. The van der Waals surface area contributed by atoms with Crippen LogP contribution in [0.3, 0.4) is 0 Å². The molecule has 2 aromatic heterocycles. The van der Waals surface area contributed by atoms with Gasteiger partial charge in [0.25, 0.3) is 11.8 Å². The quantitative estimate of drug-likeness (QED) is 0.263. The predicted octanol–water partition coefficient (Wildman–Crippen LogP) is 6.64. The fourth-order valence-corrected chi connectivity index (χ4v) is 5.03. The molecule has 0 bridgehead atoms. The average Bonchev–Trinajstić information content (AvgIpc) is 3.32. The number of carbonyl (C=O) groups is 3. The largest absolute Gasteiger partial charge is 0.444 e. The Morgan fingerprint density at radius 2 is 1.52 bits per heavy atom. The molecule has 10 nitrogen and oxygen atoms in total. The zero-order chi connectivity index (χ0) is 33.4. The number of carbonyl (C=O) groups excluding carboxylic acids is 3. The lowest BCUT2D eigenvalue weighted by Crippen LogP contribution is -2.51. The number of piperazine rings is 1. The molecule has 1 fully saturated rings. The van der Waals surface area contributed by atoms with Crippen LogP contribution in [0.15, 0.2) is 60.7 Å². The summed E-state index contributed by atoms with van der Waals surface area (Å²) in [5.74, 6) is 0.0318. The Balaban J connectivity index is 1.23. The summed E-state index contributed by atoms with van der Waals surface area (Å²) in [6, 6.07) is 14.3. The number of aryl methyl sites for hydroxylation is 2. The van der Waals surface area contributed by atoms with Crippen molar-refractivity contribution in [2.45, 2.75) is 39.5 Å². The van der Waals surface area contributed by atoms with Gasteiger partial charge in [0.15, 0.2) is 0 Å². The molecule has 1 aliphatic heterocycles. The second-order valence-corrected chi connectivity index (χ2v) is 12.0. The zero-order valence-electron chi connectivity index (χ0n) is 26.1. The molecule has 0 aliphatic carbocycles. The lowest BCUT2D eigenvalue weighted by molar-refractivity contribution is -0.137. The van der Waals surface area contributed by atoms with Gasteiger partial charge in [0.05, 0.1) is 16.9 Å². The minimum atomic E-state index is -4.49. The number of alkyl halides is 3. The number of halogens is 3. The van der Waals surface area contributed by atoms with E-state index in [4.69, 9.17) is 9.47 Å². The number of pyridine rings is 1. The van der Waals surface area contributed by atoms with Crippen LogP contribution in [-0.2, 0) is 18.0 Å². The Labute approximate surface area is 263 Å². The van der Waals surface area contributed by atoms with Crippen LogP contribution in [0.2, 0.25) is 0 Å². The van der Waals surface area contributed by atoms with Crippen molar-refractivity contribution in [3.05, 3.63) is 83.2 Å². The molecular formula is C33H34F3N5O5. The maximum absolute atomic E-state index is 13.4. The van der Waals surface area contributed by atoms with E-state index in [-0.39, 0.29) is 23.4 Å². The molecule has 0 unspecified atom stereocenters. The summed E-state index contributed by atoms with van der Waals surface area (Å²) in [5.41, 5.74) is 0.796. The maximum Gasteiger partial charge on any atom is 0.416 e. The van der Waals surface area contributed by atoms with Crippen molar-refractivity contribution >= 4 is 34.5 Å². The fraction of sp³-hybridized carbons (Fsp3) is 0.333. The van der Waals surface area contributed by atoms with Gasteiger partial charge in [-0.1, -0.05) is 0 Å². The summed E-state index contributed by atoms with van der Waals surface area (Å²) in [6.45, 7) is 8.65. The van der Waals surface area contributed by atoms with Crippen molar-refractivity contribution in [1.29, 1.82) is 0 Å². The van der Waals surface area contributed by atoms with Crippen LogP contribution in [-0.4, -0.2) is 69.0 Å². The molecule has 0 spiro atoms. The summed E-state index contributed by atoms with van der Waals surface area (Å²) in [6.07, 6.45) is -4.88. The van der Waals surface area contributed by atoms with Gasteiger partial charge in [0.2, 0.25) is 5.88 Å². The minimum absolute atomic E-state index is 0.0739. The lowest BCUT2D eigenvalue weighted by atomic mass is 10.1. The first-order valence-corrected chi connectivity index (χ1v) is 14.6. The van der Waals surface area contributed by atoms with Gasteiger partial charge < -0.3 is 29.2 Å². The predicted molar refractivity (Wildman–Crippen MR) is 165 cm³/mol. The van der Waals surface area contributed by atoms with Gasteiger partial charge in [-0.3, -0.25) is 9.59 Å². The molecule has 0 atom stereocenters. The minimum Gasteiger partial charge on any atom is -0.444 e. The number of anilines is 1. The number of benzene rings is 2. The molecule has 1 N–H and O–H groups in total. The van der Waals surface area contributed by atoms with E-state index in [0.717, 1.165) is 35.2 Å². The van der Waals surface area contributed by atoms with E-state index in [1.54, 1.807) is 47.1 Å². The van der Waals surface area contributed by atoms with Crippen molar-refractivity contribution in [2.75, 3.05) is 31.5 Å². The average molecular weight is 638 g/mol. The monoisotopic (exact) mass is 637 g/mol. The number of nitrogens with one attached hydrogen (secondary N) is 1. The highest BCUT2D eigenvalue weighted by Gasteiger charge is 2.31. The van der Waals surface area contributed by atoms with Crippen molar-refractivity contribution in [2.24, 2.45) is 7.05 Å². The molecule has 13 heteroatoms. The molecule has 0 saturated carbocycles. The highest BCUT2D eigenvalue weighted by Crippen LogP contribution is 2.30. The zero-order valence-corrected chi connectivity index (χ0v) is 26.1. The first-order valence-electron chi connectivity index (χ1n) is 14.6. The number of amides is 3. The number of nitrogens with zero attached hydrogens (tertiary/aromatic N) is 4. The van der Waals surface area contributed by atoms with Crippen LogP contribution in [0.4, 0.5) is 23.7 Å². The smallest absolute Gasteiger partial charge is 0.416 e. The summed E-state index contributed by atoms with van der Waals surface area (Å²) < 4.78 is 51.7. The molecule has 5 rings (SSSR count). The third kappa shape index (κ3) is 7.24. The third-order valence-electron chi connectivity index (χ3n) is 7.46. The molecule has 3 amide bonds. The van der Waals surface area contributed by atoms with Crippen molar-refractivity contribution in [3.63, 3.8) is 0 Å². The number of hydrogen-bond acceptors (Lipinski definition) is 6. The van der Waals surface area contributed by atoms with Crippen LogP contribution < -0.4 is 10.1 Å². The number of aromatic nitrogens is 2. The Kier molecular flexibility index (Phi) is 8.70. The van der Waals surface area contributed by atoms with Crippen LogP contribution in [0.5, 0.6) is 11.6 Å². The lowest BCUT2D eigenvalue weighted by Gasteiger charge is -2.35. The Hall–Kier alpha value is -5.07. The Morgan fingerprint density at radius 1 is 0.870 bits per heavy atom. The molecule has 1 aliphatic rings. The SMILES string of the molecule is Cc1nc(Oc2ccc3c(c2)cc(C(=O)N2CCN(C(=O)OC(C)(C)C)CC2)n3C)ccc1NC(=O)c1ccc(C(F)(F)F)cc1. The highest BCUT2D eigenvalue weighted by atomic mass is 19.4.